The predicted molar refractivity (Wildman–Crippen MR) is 97.9 cm³/mol. The number of halogens is 1. The highest BCUT2D eigenvalue weighted by molar-refractivity contribution is 8.01. The van der Waals surface area contributed by atoms with Gasteiger partial charge in [0.25, 0.3) is 0 Å². The molecule has 1 aromatic carbocycles. The fourth-order valence-electron chi connectivity index (χ4n) is 3.01. The molecule has 0 bridgehead atoms. The molecule has 6 nitrogen and oxygen atoms in total. The van der Waals surface area contributed by atoms with Gasteiger partial charge in [0, 0.05) is 24.1 Å². The molecule has 3 N–H and O–H groups in total. The third kappa shape index (κ3) is 4.22. The van der Waals surface area contributed by atoms with E-state index in [1.165, 1.54) is 40.6 Å². The molecule has 0 radical (unpaired) electrons. The number of carbonyl (C=O) groups excluding carboxylic acids is 1. The van der Waals surface area contributed by atoms with Crippen molar-refractivity contribution < 1.29 is 19.1 Å². The Hall–Kier alpha value is -1.97. The minimum absolute atomic E-state index is 0.0285. The molecule has 1 aromatic heterocycles. The smallest absolute Gasteiger partial charge is 0.355 e. The number of nitrogens with two attached hydrogens (primary N) is 1. The number of benzene rings is 1. The van der Waals surface area contributed by atoms with Crippen LogP contribution in [0.25, 0.3) is 0 Å². The van der Waals surface area contributed by atoms with Gasteiger partial charge in [-0.1, -0.05) is 23.9 Å². The third-order valence-corrected chi connectivity index (χ3v) is 6.28. The fourth-order valence-corrected chi connectivity index (χ4v) is 4.82. The van der Waals surface area contributed by atoms with Crippen LogP contribution in [-0.4, -0.2) is 45.2 Å². The minimum atomic E-state index is -1.05. The molecule has 1 fully saturated rings. The number of carboxylic acid groups (broad SMARTS) is 1. The lowest BCUT2D eigenvalue weighted by molar-refractivity contribution is -0.128. The maximum Gasteiger partial charge on any atom is 0.355 e. The van der Waals surface area contributed by atoms with Crippen LogP contribution in [0.2, 0.25) is 0 Å². The van der Waals surface area contributed by atoms with E-state index in [9.17, 15) is 14.0 Å². The highest BCUT2D eigenvalue weighted by atomic mass is 32.2. The lowest BCUT2D eigenvalue weighted by Crippen LogP contribution is -2.41. The summed E-state index contributed by atoms with van der Waals surface area (Å²) >= 11 is 2.68. The fraction of sp³-hybridized carbons (Fsp3) is 0.353. The molecule has 1 amide bonds. The lowest BCUT2D eigenvalue weighted by atomic mass is 9.98. The van der Waals surface area contributed by atoms with E-state index in [0.717, 1.165) is 0 Å². The number of hydrogen-bond acceptors (Lipinski definition) is 6. The van der Waals surface area contributed by atoms with Crippen LogP contribution >= 0.6 is 23.1 Å². The normalized spacial score (nSPS) is 18.3. The van der Waals surface area contributed by atoms with Crippen molar-refractivity contribution >= 4 is 35.0 Å². The monoisotopic (exact) mass is 395 g/mol. The number of aromatic carboxylic acids is 1. The SMILES string of the molecule is NC(c1cccc(F)c1)[C@H]1CCC(=O)N1CCSc1nc(C(=O)O)cs1. The second-order valence-electron chi connectivity index (χ2n) is 5.93. The quantitative estimate of drug-likeness (QED) is 0.700. The molecular weight excluding hydrogens is 377 g/mol. The summed E-state index contributed by atoms with van der Waals surface area (Å²) in [7, 11) is 0. The summed E-state index contributed by atoms with van der Waals surface area (Å²) in [4.78, 5) is 28.8. The summed E-state index contributed by atoms with van der Waals surface area (Å²) in [6.45, 7) is 0.485. The van der Waals surface area contributed by atoms with E-state index in [0.29, 0.717) is 35.0 Å². The van der Waals surface area contributed by atoms with Crippen molar-refractivity contribution in [2.75, 3.05) is 12.3 Å². The van der Waals surface area contributed by atoms with Crippen LogP contribution in [0.5, 0.6) is 0 Å². The van der Waals surface area contributed by atoms with Crippen molar-refractivity contribution in [3.8, 4) is 0 Å². The molecule has 1 aliphatic heterocycles. The molecule has 0 saturated carbocycles. The number of carbonyl (C=O) groups is 2. The number of aromatic nitrogens is 1. The van der Waals surface area contributed by atoms with Gasteiger partial charge in [0.05, 0.1) is 12.1 Å². The Balaban J connectivity index is 1.61. The molecule has 1 unspecified atom stereocenters. The third-order valence-electron chi connectivity index (χ3n) is 4.28. The summed E-state index contributed by atoms with van der Waals surface area (Å²) in [6, 6.07) is 5.54. The minimum Gasteiger partial charge on any atom is -0.476 e. The zero-order chi connectivity index (χ0) is 18.7. The van der Waals surface area contributed by atoms with Gasteiger partial charge in [0.15, 0.2) is 10.0 Å². The lowest BCUT2D eigenvalue weighted by Gasteiger charge is -2.29. The Morgan fingerprint density at radius 2 is 2.35 bits per heavy atom. The van der Waals surface area contributed by atoms with Gasteiger partial charge in [-0.05, 0) is 24.1 Å². The topological polar surface area (TPSA) is 96.5 Å². The van der Waals surface area contributed by atoms with Crippen molar-refractivity contribution in [1.82, 2.24) is 9.88 Å². The first-order valence-electron chi connectivity index (χ1n) is 8.08. The summed E-state index contributed by atoms with van der Waals surface area (Å²) in [5.41, 5.74) is 7.00. The average Bonchev–Trinajstić information content (AvgIpc) is 3.22. The standard InChI is InChI=1S/C17H18FN3O3S2/c18-11-3-1-2-10(8-11)15(19)13-4-5-14(22)21(13)6-7-25-17-20-12(9-26-17)16(23)24/h1-3,8-9,13,15H,4-7,19H2,(H,23,24)/t13-,15?/m1/s1. The first-order chi connectivity index (χ1) is 12.5. The Kier molecular flexibility index (Phi) is 5.90. The van der Waals surface area contributed by atoms with Crippen LogP contribution in [0.1, 0.15) is 34.9 Å². The number of hydrogen-bond donors (Lipinski definition) is 2. The van der Waals surface area contributed by atoms with Crippen LogP contribution in [0.3, 0.4) is 0 Å². The molecule has 0 spiro atoms. The summed E-state index contributed by atoms with van der Waals surface area (Å²) < 4.78 is 14.1. The molecular formula is C17H18FN3O3S2. The Morgan fingerprint density at radius 3 is 3.04 bits per heavy atom. The molecule has 2 aromatic rings. The van der Waals surface area contributed by atoms with Crippen LogP contribution in [0, 0.1) is 5.82 Å². The Labute approximate surface area is 158 Å². The Morgan fingerprint density at radius 1 is 1.54 bits per heavy atom. The number of thiazole rings is 1. The van der Waals surface area contributed by atoms with E-state index in [1.54, 1.807) is 17.0 Å². The van der Waals surface area contributed by atoms with Crippen LogP contribution < -0.4 is 5.73 Å². The maximum atomic E-state index is 13.5. The summed E-state index contributed by atoms with van der Waals surface area (Å²) in [5, 5.41) is 10.4. The van der Waals surface area contributed by atoms with Crippen molar-refractivity contribution in [2.45, 2.75) is 29.3 Å². The zero-order valence-electron chi connectivity index (χ0n) is 13.8. The van der Waals surface area contributed by atoms with Gasteiger partial charge >= 0.3 is 5.97 Å². The molecule has 138 valence electrons. The predicted octanol–water partition coefficient (Wildman–Crippen LogP) is 2.76. The average molecular weight is 395 g/mol. The molecule has 1 aliphatic rings. The number of thioether (sulfide) groups is 1. The van der Waals surface area contributed by atoms with Crippen LogP contribution in [-0.2, 0) is 4.79 Å². The summed E-state index contributed by atoms with van der Waals surface area (Å²) in [5.74, 6) is -0.774. The van der Waals surface area contributed by atoms with Gasteiger partial charge in [-0.25, -0.2) is 14.2 Å². The molecule has 2 heterocycles. The van der Waals surface area contributed by atoms with Gasteiger partial charge < -0.3 is 15.7 Å². The highest BCUT2D eigenvalue weighted by Crippen LogP contribution is 2.30. The highest BCUT2D eigenvalue weighted by Gasteiger charge is 2.35. The van der Waals surface area contributed by atoms with Gasteiger partial charge in [-0.2, -0.15) is 0 Å². The van der Waals surface area contributed by atoms with Crippen molar-refractivity contribution in [3.63, 3.8) is 0 Å². The molecule has 0 aliphatic carbocycles. The molecule has 1 saturated heterocycles. The number of rotatable bonds is 7. The molecule has 3 rings (SSSR count). The second-order valence-corrected chi connectivity index (χ2v) is 8.13. The van der Waals surface area contributed by atoms with E-state index in [4.69, 9.17) is 10.8 Å². The van der Waals surface area contributed by atoms with Crippen molar-refractivity contribution in [3.05, 3.63) is 46.7 Å². The van der Waals surface area contributed by atoms with E-state index < -0.39 is 12.0 Å². The molecule has 9 heteroatoms. The number of carboxylic acids is 1. The van der Waals surface area contributed by atoms with E-state index in [2.05, 4.69) is 4.98 Å². The first kappa shape index (κ1) is 18.8. The van der Waals surface area contributed by atoms with Crippen molar-refractivity contribution in [1.29, 1.82) is 0 Å². The van der Waals surface area contributed by atoms with E-state index >= 15 is 0 Å². The number of amides is 1. The largest absolute Gasteiger partial charge is 0.476 e. The second kappa shape index (κ2) is 8.15. The van der Waals surface area contributed by atoms with E-state index in [-0.39, 0.29) is 23.5 Å². The van der Waals surface area contributed by atoms with Gasteiger partial charge in [-0.3, -0.25) is 4.79 Å². The Bertz CT molecular complexity index is 814. The van der Waals surface area contributed by atoms with E-state index in [1.807, 2.05) is 0 Å². The van der Waals surface area contributed by atoms with Crippen molar-refractivity contribution in [2.24, 2.45) is 5.73 Å². The van der Waals surface area contributed by atoms with Gasteiger partial charge in [0.1, 0.15) is 5.82 Å². The zero-order valence-corrected chi connectivity index (χ0v) is 15.4. The molecule has 26 heavy (non-hydrogen) atoms. The van der Waals surface area contributed by atoms with Gasteiger partial charge in [-0.15, -0.1) is 11.3 Å². The molecule has 2 atom stereocenters. The number of likely N-dealkylation sites (tertiary alicyclic amines) is 1. The number of nitrogens with zero attached hydrogens (tertiary/aromatic N) is 2. The first-order valence-corrected chi connectivity index (χ1v) is 9.94. The van der Waals surface area contributed by atoms with Crippen LogP contribution in [0.4, 0.5) is 4.39 Å². The maximum absolute atomic E-state index is 13.5. The van der Waals surface area contributed by atoms with Crippen LogP contribution in [0.15, 0.2) is 34.0 Å². The van der Waals surface area contributed by atoms with Gasteiger partial charge in [0.2, 0.25) is 5.91 Å². The summed E-state index contributed by atoms with van der Waals surface area (Å²) in [6.07, 6.45) is 1.07.